The first-order chi connectivity index (χ1) is 11.1. The molecule has 5 nitrogen and oxygen atoms in total. The average Bonchev–Trinajstić information content (AvgIpc) is 2.95. The number of thiazole rings is 1. The van der Waals surface area contributed by atoms with E-state index in [0.717, 1.165) is 34.4 Å². The van der Waals surface area contributed by atoms with Crippen molar-refractivity contribution in [2.75, 3.05) is 26.3 Å². The number of ether oxygens (including phenoxy) is 1. The zero-order valence-electron chi connectivity index (χ0n) is 13.4. The van der Waals surface area contributed by atoms with Crippen LogP contribution in [-0.2, 0) is 11.3 Å². The Hall–Kier alpha value is -0.900. The van der Waals surface area contributed by atoms with Crippen LogP contribution >= 0.6 is 46.9 Å². The number of benzene rings is 1. The fraction of sp³-hybridized carbons (Fsp3) is 0.375. The molecule has 2 aromatic rings. The Bertz CT molecular complexity index is 699. The lowest BCUT2D eigenvalue weighted by Gasteiger charge is -2.27. The van der Waals surface area contributed by atoms with Crippen molar-refractivity contribution in [1.82, 2.24) is 9.88 Å². The van der Waals surface area contributed by atoms with Gasteiger partial charge in [0.1, 0.15) is 5.01 Å². The number of guanidine groups is 1. The number of hydrogen-bond donors (Lipinski definition) is 1. The van der Waals surface area contributed by atoms with Crippen molar-refractivity contribution >= 4 is 52.9 Å². The summed E-state index contributed by atoms with van der Waals surface area (Å²) in [5.41, 5.74) is 8.11. The second-order valence-electron chi connectivity index (χ2n) is 5.29. The molecule has 3 rings (SSSR count). The van der Waals surface area contributed by atoms with Gasteiger partial charge in [-0.15, -0.1) is 35.3 Å². The minimum atomic E-state index is 0. The summed E-state index contributed by atoms with van der Waals surface area (Å²) in [6.45, 7) is 5.56. The van der Waals surface area contributed by atoms with E-state index in [-0.39, 0.29) is 24.0 Å². The van der Waals surface area contributed by atoms with Crippen LogP contribution in [-0.4, -0.2) is 42.1 Å². The molecule has 0 bridgehead atoms. The summed E-state index contributed by atoms with van der Waals surface area (Å²) in [6.07, 6.45) is 0. The molecule has 130 valence electrons. The molecule has 0 unspecified atom stereocenters. The molecule has 0 amide bonds. The maximum Gasteiger partial charge on any atom is 0.191 e. The number of hydrogen-bond acceptors (Lipinski definition) is 4. The SMILES string of the molecule is Cc1sc(CN=C(N)N2CCOCC2)nc1-c1ccc(Cl)cc1.I. The summed E-state index contributed by atoms with van der Waals surface area (Å²) in [5.74, 6) is 0.564. The number of rotatable bonds is 3. The Labute approximate surface area is 167 Å². The van der Waals surface area contributed by atoms with E-state index in [9.17, 15) is 0 Å². The van der Waals surface area contributed by atoms with Gasteiger partial charge in [-0.05, 0) is 19.1 Å². The van der Waals surface area contributed by atoms with Gasteiger partial charge in [-0.25, -0.2) is 9.98 Å². The predicted molar refractivity (Wildman–Crippen MR) is 110 cm³/mol. The standard InChI is InChI=1S/C16H19ClN4OS.HI/c1-11-15(12-2-4-13(17)5-3-12)20-14(23-11)10-19-16(18)21-6-8-22-9-7-21;/h2-5H,6-10H2,1H3,(H2,18,19);1H. The highest BCUT2D eigenvalue weighted by atomic mass is 127. The Morgan fingerprint density at radius 3 is 2.67 bits per heavy atom. The zero-order valence-corrected chi connectivity index (χ0v) is 17.3. The van der Waals surface area contributed by atoms with Gasteiger partial charge in [-0.3, -0.25) is 0 Å². The van der Waals surface area contributed by atoms with Gasteiger partial charge < -0.3 is 15.4 Å². The maximum absolute atomic E-state index is 6.05. The fourth-order valence-electron chi connectivity index (χ4n) is 2.44. The smallest absolute Gasteiger partial charge is 0.191 e. The molecular formula is C16H20ClIN4OS. The fourth-order valence-corrected chi connectivity index (χ4v) is 3.44. The molecule has 1 saturated heterocycles. The van der Waals surface area contributed by atoms with Gasteiger partial charge in [0.05, 0.1) is 25.5 Å². The van der Waals surface area contributed by atoms with Gasteiger partial charge in [0.2, 0.25) is 0 Å². The van der Waals surface area contributed by atoms with Crippen LogP contribution in [0.15, 0.2) is 29.3 Å². The van der Waals surface area contributed by atoms with Crippen molar-refractivity contribution in [3.8, 4) is 11.3 Å². The summed E-state index contributed by atoms with van der Waals surface area (Å²) in [6, 6.07) is 7.73. The van der Waals surface area contributed by atoms with Gasteiger partial charge in [0.15, 0.2) is 5.96 Å². The topological polar surface area (TPSA) is 63.7 Å². The van der Waals surface area contributed by atoms with Gasteiger partial charge in [-0.1, -0.05) is 23.7 Å². The summed E-state index contributed by atoms with van der Waals surface area (Å²) < 4.78 is 5.32. The van der Waals surface area contributed by atoms with Gasteiger partial charge in [-0.2, -0.15) is 0 Å². The third-order valence-corrected chi connectivity index (χ3v) is 4.88. The van der Waals surface area contributed by atoms with E-state index in [1.807, 2.05) is 29.2 Å². The second kappa shape index (κ2) is 8.98. The highest BCUT2D eigenvalue weighted by Crippen LogP contribution is 2.28. The van der Waals surface area contributed by atoms with Gasteiger partial charge in [0, 0.05) is 28.6 Å². The zero-order chi connectivity index (χ0) is 16.2. The molecule has 1 aromatic heterocycles. The molecule has 24 heavy (non-hydrogen) atoms. The number of nitrogens with zero attached hydrogens (tertiary/aromatic N) is 3. The number of aliphatic imine (C=N–C) groups is 1. The number of aromatic nitrogens is 1. The Balaban J connectivity index is 0.00000208. The number of halogens is 2. The lowest BCUT2D eigenvalue weighted by atomic mass is 10.1. The molecular weight excluding hydrogens is 459 g/mol. The third-order valence-electron chi connectivity index (χ3n) is 3.67. The van der Waals surface area contributed by atoms with E-state index >= 15 is 0 Å². The van der Waals surface area contributed by atoms with Crippen molar-refractivity contribution in [2.24, 2.45) is 10.7 Å². The Morgan fingerprint density at radius 2 is 2.00 bits per heavy atom. The maximum atomic E-state index is 6.05. The Morgan fingerprint density at radius 1 is 1.33 bits per heavy atom. The van der Waals surface area contributed by atoms with Crippen molar-refractivity contribution in [2.45, 2.75) is 13.5 Å². The van der Waals surface area contributed by atoms with Crippen molar-refractivity contribution in [3.05, 3.63) is 39.2 Å². The highest BCUT2D eigenvalue weighted by Gasteiger charge is 2.13. The van der Waals surface area contributed by atoms with Crippen LogP contribution in [0.1, 0.15) is 9.88 Å². The highest BCUT2D eigenvalue weighted by molar-refractivity contribution is 14.0. The molecule has 0 aliphatic carbocycles. The van der Waals surface area contributed by atoms with E-state index in [4.69, 9.17) is 27.1 Å². The summed E-state index contributed by atoms with van der Waals surface area (Å²) in [4.78, 5) is 12.4. The van der Waals surface area contributed by atoms with Gasteiger partial charge >= 0.3 is 0 Å². The van der Waals surface area contributed by atoms with E-state index in [0.29, 0.717) is 25.7 Å². The van der Waals surface area contributed by atoms with Crippen molar-refractivity contribution < 1.29 is 4.74 Å². The normalized spacial score (nSPS) is 15.2. The van der Waals surface area contributed by atoms with Crippen LogP contribution in [0.25, 0.3) is 11.3 Å². The van der Waals surface area contributed by atoms with Gasteiger partial charge in [0.25, 0.3) is 0 Å². The van der Waals surface area contributed by atoms with E-state index in [1.54, 1.807) is 11.3 Å². The number of morpholine rings is 1. The first-order valence-corrected chi connectivity index (χ1v) is 8.68. The lowest BCUT2D eigenvalue weighted by molar-refractivity contribution is 0.0674. The molecule has 8 heteroatoms. The molecule has 2 N–H and O–H groups in total. The molecule has 0 saturated carbocycles. The molecule has 1 aliphatic heterocycles. The quantitative estimate of drug-likeness (QED) is 0.416. The summed E-state index contributed by atoms with van der Waals surface area (Å²) in [5, 5.41) is 1.69. The van der Waals surface area contributed by atoms with Crippen LogP contribution in [0, 0.1) is 6.92 Å². The van der Waals surface area contributed by atoms with Crippen LogP contribution in [0.2, 0.25) is 5.02 Å². The van der Waals surface area contributed by atoms with Crippen LogP contribution < -0.4 is 5.73 Å². The van der Waals surface area contributed by atoms with E-state index in [2.05, 4.69) is 11.9 Å². The third kappa shape index (κ3) is 4.81. The number of aryl methyl sites for hydroxylation is 1. The van der Waals surface area contributed by atoms with Crippen molar-refractivity contribution in [1.29, 1.82) is 0 Å². The van der Waals surface area contributed by atoms with E-state index < -0.39 is 0 Å². The molecule has 1 aliphatic rings. The second-order valence-corrected chi connectivity index (χ2v) is 7.02. The summed E-state index contributed by atoms with van der Waals surface area (Å²) in [7, 11) is 0. The monoisotopic (exact) mass is 478 g/mol. The van der Waals surface area contributed by atoms with E-state index in [1.165, 1.54) is 4.88 Å². The molecule has 0 radical (unpaired) electrons. The lowest BCUT2D eigenvalue weighted by Crippen LogP contribution is -2.44. The molecule has 0 spiro atoms. The minimum Gasteiger partial charge on any atom is -0.378 e. The van der Waals surface area contributed by atoms with Crippen LogP contribution in [0.5, 0.6) is 0 Å². The molecule has 2 heterocycles. The molecule has 1 fully saturated rings. The molecule has 0 atom stereocenters. The number of nitrogens with two attached hydrogens (primary N) is 1. The largest absolute Gasteiger partial charge is 0.378 e. The summed E-state index contributed by atoms with van der Waals surface area (Å²) >= 11 is 7.59. The van der Waals surface area contributed by atoms with Crippen molar-refractivity contribution in [3.63, 3.8) is 0 Å². The first-order valence-electron chi connectivity index (χ1n) is 7.48. The van der Waals surface area contributed by atoms with Crippen LogP contribution in [0.3, 0.4) is 0 Å². The van der Waals surface area contributed by atoms with Crippen LogP contribution in [0.4, 0.5) is 0 Å². The Kier molecular flexibility index (Phi) is 7.27. The minimum absolute atomic E-state index is 0. The predicted octanol–water partition coefficient (Wildman–Crippen LogP) is 3.54. The average molecular weight is 479 g/mol. The molecule has 1 aromatic carbocycles. The first kappa shape index (κ1) is 19.4.